The molecule has 2 rings (SSSR count). The van der Waals surface area contributed by atoms with Crippen molar-refractivity contribution in [2.45, 2.75) is 38.1 Å². The number of carbonyl (C=O) groups is 3. The SMILES string of the molecule is COCCN1C(=O)CC(CC(=O)N(C)C(C)C)(c2ccccc2F)C1=O. The van der Waals surface area contributed by atoms with Crippen LogP contribution in [-0.4, -0.2) is 60.9 Å². The molecular formula is C19H25FN2O4. The molecule has 1 heterocycles. The summed E-state index contributed by atoms with van der Waals surface area (Å²) < 4.78 is 19.5. The molecule has 1 aromatic rings. The summed E-state index contributed by atoms with van der Waals surface area (Å²) >= 11 is 0. The molecule has 1 aliphatic heterocycles. The average molecular weight is 364 g/mol. The second kappa shape index (κ2) is 7.95. The van der Waals surface area contributed by atoms with E-state index in [1.807, 2.05) is 13.8 Å². The summed E-state index contributed by atoms with van der Waals surface area (Å²) in [4.78, 5) is 40.9. The molecular weight excluding hydrogens is 339 g/mol. The number of nitrogens with zero attached hydrogens (tertiary/aromatic N) is 2. The van der Waals surface area contributed by atoms with E-state index in [0.29, 0.717) is 0 Å². The molecule has 0 aliphatic carbocycles. The van der Waals surface area contributed by atoms with Gasteiger partial charge in [0.05, 0.1) is 18.6 Å². The van der Waals surface area contributed by atoms with Crippen molar-refractivity contribution < 1.29 is 23.5 Å². The minimum atomic E-state index is -1.52. The molecule has 0 saturated carbocycles. The Bertz CT molecular complexity index is 707. The Hall–Kier alpha value is -2.28. The molecule has 0 radical (unpaired) electrons. The monoisotopic (exact) mass is 364 g/mol. The fourth-order valence-electron chi connectivity index (χ4n) is 3.17. The average Bonchev–Trinajstić information content (AvgIpc) is 2.83. The predicted octanol–water partition coefficient (Wildman–Crippen LogP) is 1.73. The lowest BCUT2D eigenvalue weighted by Crippen LogP contribution is -2.45. The zero-order valence-electron chi connectivity index (χ0n) is 15.6. The van der Waals surface area contributed by atoms with Crippen LogP contribution in [0.3, 0.4) is 0 Å². The summed E-state index contributed by atoms with van der Waals surface area (Å²) in [6.45, 7) is 3.96. The molecule has 0 bridgehead atoms. The number of halogens is 1. The van der Waals surface area contributed by atoms with Crippen molar-refractivity contribution in [3.63, 3.8) is 0 Å². The van der Waals surface area contributed by atoms with Gasteiger partial charge in [-0.2, -0.15) is 0 Å². The van der Waals surface area contributed by atoms with Crippen LogP contribution in [0.15, 0.2) is 24.3 Å². The van der Waals surface area contributed by atoms with E-state index in [2.05, 4.69) is 0 Å². The zero-order chi connectivity index (χ0) is 19.5. The highest BCUT2D eigenvalue weighted by Crippen LogP contribution is 2.41. The lowest BCUT2D eigenvalue weighted by Gasteiger charge is -2.30. The topological polar surface area (TPSA) is 66.9 Å². The first-order valence-electron chi connectivity index (χ1n) is 8.59. The van der Waals surface area contributed by atoms with Gasteiger partial charge in [0, 0.05) is 38.6 Å². The number of hydrogen-bond donors (Lipinski definition) is 0. The van der Waals surface area contributed by atoms with Gasteiger partial charge in [-0.05, 0) is 19.9 Å². The third-order valence-corrected chi connectivity index (χ3v) is 4.94. The minimum Gasteiger partial charge on any atom is -0.383 e. The van der Waals surface area contributed by atoms with Crippen LogP contribution >= 0.6 is 0 Å². The summed E-state index contributed by atoms with van der Waals surface area (Å²) in [5.41, 5.74) is -1.43. The van der Waals surface area contributed by atoms with E-state index in [1.165, 1.54) is 30.2 Å². The fourth-order valence-corrected chi connectivity index (χ4v) is 3.17. The smallest absolute Gasteiger partial charge is 0.241 e. The van der Waals surface area contributed by atoms with Crippen LogP contribution in [0, 0.1) is 5.82 Å². The molecule has 1 aromatic carbocycles. The van der Waals surface area contributed by atoms with Gasteiger partial charge in [-0.15, -0.1) is 0 Å². The quantitative estimate of drug-likeness (QED) is 0.691. The van der Waals surface area contributed by atoms with E-state index in [4.69, 9.17) is 4.74 Å². The number of imide groups is 1. The fraction of sp³-hybridized carbons (Fsp3) is 0.526. The van der Waals surface area contributed by atoms with E-state index < -0.39 is 23.0 Å². The molecule has 0 aromatic heterocycles. The first-order valence-corrected chi connectivity index (χ1v) is 8.59. The molecule has 0 N–H and O–H groups in total. The van der Waals surface area contributed by atoms with Crippen LogP contribution in [-0.2, 0) is 24.5 Å². The number of carbonyl (C=O) groups excluding carboxylic acids is 3. The van der Waals surface area contributed by atoms with Gasteiger partial charge in [-0.3, -0.25) is 19.3 Å². The van der Waals surface area contributed by atoms with Gasteiger partial charge in [0.15, 0.2) is 0 Å². The van der Waals surface area contributed by atoms with Crippen LogP contribution in [0.1, 0.15) is 32.3 Å². The second-order valence-electron chi connectivity index (χ2n) is 6.86. The first kappa shape index (κ1) is 20.0. The lowest BCUT2D eigenvalue weighted by atomic mass is 9.75. The van der Waals surface area contributed by atoms with E-state index in [-0.39, 0.29) is 43.5 Å². The molecule has 6 nitrogen and oxygen atoms in total. The Labute approximate surface area is 152 Å². The van der Waals surface area contributed by atoms with E-state index in [9.17, 15) is 18.8 Å². The van der Waals surface area contributed by atoms with Crippen LogP contribution in [0.5, 0.6) is 0 Å². The number of amides is 3. The maximum absolute atomic E-state index is 14.5. The van der Waals surface area contributed by atoms with Gasteiger partial charge in [0.2, 0.25) is 17.7 Å². The Morgan fingerprint density at radius 3 is 2.58 bits per heavy atom. The van der Waals surface area contributed by atoms with Crippen LogP contribution in [0.25, 0.3) is 0 Å². The molecule has 142 valence electrons. The molecule has 1 saturated heterocycles. The van der Waals surface area contributed by atoms with Crippen LogP contribution in [0.4, 0.5) is 4.39 Å². The third-order valence-electron chi connectivity index (χ3n) is 4.94. The Morgan fingerprint density at radius 1 is 1.35 bits per heavy atom. The summed E-state index contributed by atoms with van der Waals surface area (Å²) in [5.74, 6) is -1.87. The van der Waals surface area contributed by atoms with Crippen molar-refractivity contribution in [2.24, 2.45) is 0 Å². The number of methoxy groups -OCH3 is 1. The van der Waals surface area contributed by atoms with Crippen molar-refractivity contribution in [3.05, 3.63) is 35.6 Å². The molecule has 26 heavy (non-hydrogen) atoms. The molecule has 1 fully saturated rings. The lowest BCUT2D eigenvalue weighted by molar-refractivity contribution is -0.143. The summed E-state index contributed by atoms with van der Waals surface area (Å²) in [6, 6.07) is 5.76. The summed E-state index contributed by atoms with van der Waals surface area (Å²) in [7, 11) is 3.10. The van der Waals surface area contributed by atoms with Gasteiger partial charge in [0.1, 0.15) is 5.82 Å². The maximum Gasteiger partial charge on any atom is 0.241 e. The maximum atomic E-state index is 14.5. The Kier molecular flexibility index (Phi) is 6.13. The van der Waals surface area contributed by atoms with Gasteiger partial charge < -0.3 is 9.64 Å². The van der Waals surface area contributed by atoms with E-state index >= 15 is 0 Å². The standard InChI is InChI=1S/C19H25FN2O4/c1-13(2)21(3)16(23)11-19(14-7-5-6-8-15(14)20)12-17(24)22(18(19)25)9-10-26-4/h5-8,13H,9-12H2,1-4H3. The van der Waals surface area contributed by atoms with E-state index in [0.717, 1.165) is 4.90 Å². The van der Waals surface area contributed by atoms with Gasteiger partial charge in [0.25, 0.3) is 0 Å². The number of rotatable bonds is 7. The summed E-state index contributed by atoms with van der Waals surface area (Å²) in [5, 5.41) is 0. The van der Waals surface area contributed by atoms with Crippen molar-refractivity contribution >= 4 is 17.7 Å². The number of ether oxygens (including phenoxy) is 1. The van der Waals surface area contributed by atoms with Crippen molar-refractivity contribution in [1.29, 1.82) is 0 Å². The number of likely N-dealkylation sites (tertiary alicyclic amines) is 1. The molecule has 3 amide bonds. The van der Waals surface area contributed by atoms with Crippen LogP contribution in [0.2, 0.25) is 0 Å². The normalized spacial score (nSPS) is 20.2. The highest BCUT2D eigenvalue weighted by Gasteiger charge is 2.54. The number of hydrogen-bond acceptors (Lipinski definition) is 4. The molecule has 1 aliphatic rings. The van der Waals surface area contributed by atoms with Crippen molar-refractivity contribution in [3.8, 4) is 0 Å². The molecule has 1 unspecified atom stereocenters. The van der Waals surface area contributed by atoms with Crippen molar-refractivity contribution in [2.75, 3.05) is 27.3 Å². The second-order valence-corrected chi connectivity index (χ2v) is 6.86. The van der Waals surface area contributed by atoms with Crippen LogP contribution < -0.4 is 0 Å². The minimum absolute atomic E-state index is 0.0722. The molecule has 1 atom stereocenters. The Morgan fingerprint density at radius 2 is 2.00 bits per heavy atom. The van der Waals surface area contributed by atoms with Crippen molar-refractivity contribution in [1.82, 2.24) is 9.80 Å². The molecule has 7 heteroatoms. The number of benzene rings is 1. The van der Waals surface area contributed by atoms with Gasteiger partial charge >= 0.3 is 0 Å². The Balaban J connectivity index is 2.47. The molecule has 0 spiro atoms. The van der Waals surface area contributed by atoms with Gasteiger partial charge in [-0.25, -0.2) is 4.39 Å². The predicted molar refractivity (Wildman–Crippen MR) is 93.8 cm³/mol. The highest BCUT2D eigenvalue weighted by molar-refractivity contribution is 6.10. The first-order chi connectivity index (χ1) is 12.2. The van der Waals surface area contributed by atoms with E-state index in [1.54, 1.807) is 13.1 Å². The third kappa shape index (κ3) is 3.62. The summed E-state index contributed by atoms with van der Waals surface area (Å²) in [6.07, 6.45) is -0.481. The largest absolute Gasteiger partial charge is 0.383 e. The van der Waals surface area contributed by atoms with Gasteiger partial charge in [-0.1, -0.05) is 18.2 Å². The zero-order valence-corrected chi connectivity index (χ0v) is 15.6. The highest BCUT2D eigenvalue weighted by atomic mass is 19.1.